The van der Waals surface area contributed by atoms with Crippen LogP contribution in [0.1, 0.15) is 38.6 Å². The lowest BCUT2D eigenvalue weighted by molar-refractivity contribution is -0.154. The number of hydrogen-bond acceptors (Lipinski definition) is 5. The molecule has 5 nitrogen and oxygen atoms in total. The first-order valence-corrected chi connectivity index (χ1v) is 5.71. The molecule has 0 radical (unpaired) electrons. The molecule has 1 rings (SSSR count). The van der Waals surface area contributed by atoms with E-state index in [1.54, 1.807) is 0 Å². The van der Waals surface area contributed by atoms with Gasteiger partial charge < -0.3 is 14.6 Å². The average molecular weight is 240 g/mol. The molecule has 0 aliphatic heterocycles. The average Bonchev–Trinajstić information content (AvgIpc) is 2.56. The van der Waals surface area contributed by atoms with E-state index in [0.717, 1.165) is 11.5 Å². The van der Waals surface area contributed by atoms with Crippen molar-refractivity contribution in [3.05, 3.63) is 17.5 Å². The van der Waals surface area contributed by atoms with Crippen LogP contribution in [0.4, 0.5) is 0 Å². The van der Waals surface area contributed by atoms with E-state index in [0.29, 0.717) is 19.5 Å². The molecule has 96 valence electrons. The monoisotopic (exact) mass is 240 g/mol. The predicted octanol–water partition coefficient (Wildman–Crippen LogP) is 1.80. The van der Waals surface area contributed by atoms with Gasteiger partial charge in [0.05, 0.1) is 18.7 Å². The highest BCUT2D eigenvalue weighted by atomic mass is 16.6. The van der Waals surface area contributed by atoms with Gasteiger partial charge in [0.1, 0.15) is 5.60 Å². The van der Waals surface area contributed by atoms with Crippen molar-refractivity contribution in [1.82, 2.24) is 10.5 Å². The van der Waals surface area contributed by atoms with Crippen molar-refractivity contribution >= 4 is 5.97 Å². The lowest BCUT2D eigenvalue weighted by atomic mass is 10.2. The van der Waals surface area contributed by atoms with E-state index in [1.807, 2.05) is 33.8 Å². The third kappa shape index (κ3) is 6.06. The summed E-state index contributed by atoms with van der Waals surface area (Å²) < 4.78 is 10.2. The summed E-state index contributed by atoms with van der Waals surface area (Å²) in [6, 6.07) is 1.86. The molecule has 0 aromatic carbocycles. The Labute approximate surface area is 102 Å². The SMILES string of the molecule is Cc1cc(CNCCC(=O)OC(C)(C)C)on1. The van der Waals surface area contributed by atoms with E-state index in [-0.39, 0.29) is 5.97 Å². The summed E-state index contributed by atoms with van der Waals surface area (Å²) in [4.78, 5) is 11.4. The molecule has 0 aliphatic rings. The van der Waals surface area contributed by atoms with Crippen LogP contribution in [0.25, 0.3) is 0 Å². The fourth-order valence-corrected chi connectivity index (χ4v) is 1.29. The Bertz CT molecular complexity index is 366. The molecule has 1 heterocycles. The highest BCUT2D eigenvalue weighted by Crippen LogP contribution is 2.07. The second-order valence-corrected chi connectivity index (χ2v) is 4.95. The van der Waals surface area contributed by atoms with E-state index in [9.17, 15) is 4.79 Å². The number of carbonyl (C=O) groups is 1. The summed E-state index contributed by atoms with van der Waals surface area (Å²) in [6.45, 7) is 8.58. The Morgan fingerprint density at radius 2 is 2.24 bits per heavy atom. The maximum atomic E-state index is 11.4. The van der Waals surface area contributed by atoms with Crippen molar-refractivity contribution in [2.75, 3.05) is 6.54 Å². The van der Waals surface area contributed by atoms with Gasteiger partial charge in [0.25, 0.3) is 0 Å². The Kier molecular flexibility index (Phi) is 4.69. The summed E-state index contributed by atoms with van der Waals surface area (Å²) in [5, 5.41) is 6.87. The van der Waals surface area contributed by atoms with Crippen molar-refractivity contribution in [3.63, 3.8) is 0 Å². The van der Waals surface area contributed by atoms with Crippen LogP contribution >= 0.6 is 0 Å². The van der Waals surface area contributed by atoms with Crippen LogP contribution < -0.4 is 5.32 Å². The number of hydrogen-bond donors (Lipinski definition) is 1. The van der Waals surface area contributed by atoms with E-state index < -0.39 is 5.60 Å². The third-order valence-corrected chi connectivity index (χ3v) is 1.90. The molecule has 0 atom stereocenters. The minimum Gasteiger partial charge on any atom is -0.460 e. The first-order chi connectivity index (χ1) is 7.87. The zero-order chi connectivity index (χ0) is 12.9. The van der Waals surface area contributed by atoms with E-state index >= 15 is 0 Å². The fourth-order valence-electron chi connectivity index (χ4n) is 1.29. The topological polar surface area (TPSA) is 64.4 Å². The molecule has 0 aliphatic carbocycles. The van der Waals surface area contributed by atoms with Crippen molar-refractivity contribution in [1.29, 1.82) is 0 Å². The van der Waals surface area contributed by atoms with E-state index in [4.69, 9.17) is 9.26 Å². The first kappa shape index (κ1) is 13.7. The summed E-state index contributed by atoms with van der Waals surface area (Å²) in [5.41, 5.74) is 0.438. The Morgan fingerprint density at radius 3 is 2.76 bits per heavy atom. The molecule has 0 saturated heterocycles. The Hall–Kier alpha value is -1.36. The van der Waals surface area contributed by atoms with Gasteiger partial charge in [0, 0.05) is 12.6 Å². The fraction of sp³-hybridized carbons (Fsp3) is 0.667. The second kappa shape index (κ2) is 5.82. The molecule has 5 heteroatoms. The minimum atomic E-state index is -0.418. The highest BCUT2D eigenvalue weighted by molar-refractivity contribution is 5.70. The molecule has 1 N–H and O–H groups in total. The van der Waals surface area contributed by atoms with E-state index in [2.05, 4.69) is 10.5 Å². The lowest BCUT2D eigenvalue weighted by Crippen LogP contribution is -2.26. The van der Waals surface area contributed by atoms with Crippen LogP contribution in [0.5, 0.6) is 0 Å². The Morgan fingerprint density at radius 1 is 1.53 bits per heavy atom. The summed E-state index contributed by atoms with van der Waals surface area (Å²) in [7, 11) is 0. The van der Waals surface area contributed by atoms with Crippen LogP contribution in [0.3, 0.4) is 0 Å². The van der Waals surface area contributed by atoms with Crippen LogP contribution in [-0.4, -0.2) is 23.3 Å². The predicted molar refractivity (Wildman–Crippen MR) is 63.4 cm³/mol. The van der Waals surface area contributed by atoms with Crippen LogP contribution in [0, 0.1) is 6.92 Å². The van der Waals surface area contributed by atoms with Crippen molar-refractivity contribution < 1.29 is 14.1 Å². The number of esters is 1. The van der Waals surface area contributed by atoms with Gasteiger partial charge in [0.2, 0.25) is 0 Å². The van der Waals surface area contributed by atoms with Gasteiger partial charge in [-0.2, -0.15) is 0 Å². The number of ether oxygens (including phenoxy) is 1. The van der Waals surface area contributed by atoms with Crippen LogP contribution in [-0.2, 0) is 16.1 Å². The molecular weight excluding hydrogens is 220 g/mol. The molecule has 0 spiro atoms. The van der Waals surface area contributed by atoms with Crippen LogP contribution in [0.2, 0.25) is 0 Å². The van der Waals surface area contributed by atoms with Gasteiger partial charge in [-0.1, -0.05) is 5.16 Å². The molecule has 0 bridgehead atoms. The molecule has 1 aromatic heterocycles. The maximum absolute atomic E-state index is 11.4. The van der Waals surface area contributed by atoms with Gasteiger partial charge in [-0.05, 0) is 27.7 Å². The van der Waals surface area contributed by atoms with Gasteiger partial charge in [0.15, 0.2) is 5.76 Å². The Balaban J connectivity index is 2.14. The molecule has 0 saturated carbocycles. The highest BCUT2D eigenvalue weighted by Gasteiger charge is 2.15. The molecule has 0 fully saturated rings. The van der Waals surface area contributed by atoms with Gasteiger partial charge in [-0.25, -0.2) is 0 Å². The van der Waals surface area contributed by atoms with Gasteiger partial charge in [-0.15, -0.1) is 0 Å². The van der Waals surface area contributed by atoms with E-state index in [1.165, 1.54) is 0 Å². The number of aromatic nitrogens is 1. The maximum Gasteiger partial charge on any atom is 0.307 e. The lowest BCUT2D eigenvalue weighted by Gasteiger charge is -2.19. The van der Waals surface area contributed by atoms with Crippen LogP contribution in [0.15, 0.2) is 10.6 Å². The third-order valence-electron chi connectivity index (χ3n) is 1.90. The zero-order valence-corrected chi connectivity index (χ0v) is 10.9. The van der Waals surface area contributed by atoms with Crippen molar-refractivity contribution in [3.8, 4) is 0 Å². The standard InChI is InChI=1S/C12H20N2O3/c1-9-7-10(17-14-9)8-13-6-5-11(15)16-12(2,3)4/h7,13H,5-6,8H2,1-4H3. The zero-order valence-electron chi connectivity index (χ0n) is 10.9. The molecule has 17 heavy (non-hydrogen) atoms. The minimum absolute atomic E-state index is 0.196. The molecule has 0 unspecified atom stereocenters. The number of aryl methyl sites for hydroxylation is 1. The smallest absolute Gasteiger partial charge is 0.307 e. The molecular formula is C12H20N2O3. The summed E-state index contributed by atoms with van der Waals surface area (Å²) in [5.74, 6) is 0.574. The number of nitrogens with zero attached hydrogens (tertiary/aromatic N) is 1. The largest absolute Gasteiger partial charge is 0.460 e. The quantitative estimate of drug-likeness (QED) is 0.628. The second-order valence-electron chi connectivity index (χ2n) is 4.95. The number of nitrogens with one attached hydrogen (secondary N) is 1. The summed E-state index contributed by atoms with van der Waals surface area (Å²) in [6.07, 6.45) is 0.352. The summed E-state index contributed by atoms with van der Waals surface area (Å²) >= 11 is 0. The van der Waals surface area contributed by atoms with Gasteiger partial charge in [-0.3, -0.25) is 4.79 Å². The molecule has 1 aromatic rings. The van der Waals surface area contributed by atoms with Gasteiger partial charge >= 0.3 is 5.97 Å². The first-order valence-electron chi connectivity index (χ1n) is 5.71. The number of rotatable bonds is 5. The van der Waals surface area contributed by atoms with Crippen molar-refractivity contribution in [2.24, 2.45) is 0 Å². The number of carbonyl (C=O) groups excluding carboxylic acids is 1. The van der Waals surface area contributed by atoms with Crippen molar-refractivity contribution in [2.45, 2.75) is 46.3 Å². The normalized spacial score (nSPS) is 11.5. The molecule has 0 amide bonds.